The van der Waals surface area contributed by atoms with Crippen LogP contribution in [0.2, 0.25) is 0 Å². The van der Waals surface area contributed by atoms with Gasteiger partial charge in [0.2, 0.25) is 0 Å². The van der Waals surface area contributed by atoms with Gasteiger partial charge in [0.05, 0.1) is 0 Å². The van der Waals surface area contributed by atoms with Gasteiger partial charge in [0.1, 0.15) is 0 Å². The van der Waals surface area contributed by atoms with E-state index in [1.54, 1.807) is 0 Å². The number of amides is 2. The number of hydrogen-bond donors (Lipinski definition) is 1. The maximum absolute atomic E-state index is 12.4. The van der Waals surface area contributed by atoms with E-state index in [-0.39, 0.29) is 6.03 Å². The number of anilines is 1. The fraction of sp³-hybridized carbons (Fsp3) is 0.316. The van der Waals surface area contributed by atoms with Crippen LogP contribution in [0.15, 0.2) is 60.7 Å². The molecule has 2 aromatic carbocycles. The van der Waals surface area contributed by atoms with E-state index in [4.69, 9.17) is 0 Å². The molecule has 2 aliphatic heterocycles. The molecule has 118 valence electrons. The van der Waals surface area contributed by atoms with Crippen molar-refractivity contribution in [3.8, 4) is 0 Å². The Morgan fingerprint density at radius 3 is 2.39 bits per heavy atom. The second kappa shape index (κ2) is 6.05. The van der Waals surface area contributed by atoms with E-state index in [2.05, 4.69) is 34.5 Å². The van der Waals surface area contributed by atoms with Gasteiger partial charge >= 0.3 is 6.03 Å². The number of rotatable bonds is 3. The number of urea groups is 1. The standard InChI is InChI=1S/C19H21N3O/c23-19(20-17-9-5-2-6-10-17)22-13-16-12-21(18(16)14-22)11-15-7-3-1-4-8-15/h1-10,16,18H,11-14H2,(H,20,23)/t16-,18-/m1/s1. The zero-order chi connectivity index (χ0) is 15.6. The summed E-state index contributed by atoms with van der Waals surface area (Å²) < 4.78 is 0. The molecule has 2 amide bonds. The van der Waals surface area contributed by atoms with Gasteiger partial charge in [-0.05, 0) is 17.7 Å². The number of hydrogen-bond acceptors (Lipinski definition) is 2. The van der Waals surface area contributed by atoms with Crippen molar-refractivity contribution in [2.75, 3.05) is 25.0 Å². The molecule has 0 spiro atoms. The van der Waals surface area contributed by atoms with Crippen LogP contribution in [0.5, 0.6) is 0 Å². The third-order valence-corrected chi connectivity index (χ3v) is 4.89. The van der Waals surface area contributed by atoms with Crippen LogP contribution in [0.4, 0.5) is 10.5 Å². The van der Waals surface area contributed by atoms with Crippen LogP contribution in [0, 0.1) is 5.92 Å². The molecule has 2 heterocycles. The van der Waals surface area contributed by atoms with Crippen molar-refractivity contribution in [2.45, 2.75) is 12.6 Å². The van der Waals surface area contributed by atoms with Gasteiger partial charge in [-0.15, -0.1) is 0 Å². The minimum atomic E-state index is 0.0188. The molecule has 0 radical (unpaired) electrons. The Kier molecular flexibility index (Phi) is 3.75. The first-order valence-corrected chi connectivity index (χ1v) is 8.18. The van der Waals surface area contributed by atoms with E-state index in [0.717, 1.165) is 31.9 Å². The van der Waals surface area contributed by atoms with Crippen LogP contribution in [-0.2, 0) is 6.54 Å². The predicted molar refractivity (Wildman–Crippen MR) is 91.2 cm³/mol. The van der Waals surface area contributed by atoms with E-state index in [9.17, 15) is 4.79 Å². The van der Waals surface area contributed by atoms with Crippen LogP contribution in [-0.4, -0.2) is 41.5 Å². The fourth-order valence-electron chi connectivity index (χ4n) is 3.64. The molecule has 0 bridgehead atoms. The Bertz CT molecular complexity index is 674. The largest absolute Gasteiger partial charge is 0.323 e. The molecule has 23 heavy (non-hydrogen) atoms. The number of benzene rings is 2. The lowest BCUT2D eigenvalue weighted by atomic mass is 9.91. The van der Waals surface area contributed by atoms with E-state index in [1.165, 1.54) is 5.56 Å². The summed E-state index contributed by atoms with van der Waals surface area (Å²) in [6.45, 7) is 3.77. The summed E-state index contributed by atoms with van der Waals surface area (Å²) in [5.41, 5.74) is 2.20. The Morgan fingerprint density at radius 2 is 1.65 bits per heavy atom. The number of carbonyl (C=O) groups is 1. The first-order chi connectivity index (χ1) is 11.3. The van der Waals surface area contributed by atoms with Gasteiger partial charge in [0.15, 0.2) is 0 Å². The second-order valence-corrected chi connectivity index (χ2v) is 6.44. The average Bonchev–Trinajstić information content (AvgIpc) is 2.92. The van der Waals surface area contributed by atoms with Crippen molar-refractivity contribution >= 4 is 11.7 Å². The van der Waals surface area contributed by atoms with E-state index >= 15 is 0 Å². The van der Waals surface area contributed by atoms with E-state index in [0.29, 0.717) is 12.0 Å². The second-order valence-electron chi connectivity index (χ2n) is 6.44. The Balaban J connectivity index is 1.34. The number of nitrogens with zero attached hydrogens (tertiary/aromatic N) is 2. The molecule has 2 aliphatic rings. The Morgan fingerprint density at radius 1 is 0.957 bits per heavy atom. The summed E-state index contributed by atoms with van der Waals surface area (Å²) >= 11 is 0. The normalized spacial score (nSPS) is 23.2. The monoisotopic (exact) mass is 307 g/mol. The van der Waals surface area contributed by atoms with Gasteiger partial charge < -0.3 is 10.2 Å². The van der Waals surface area contributed by atoms with Crippen LogP contribution < -0.4 is 5.32 Å². The van der Waals surface area contributed by atoms with Crippen LogP contribution in [0.25, 0.3) is 0 Å². The third kappa shape index (κ3) is 2.94. The van der Waals surface area contributed by atoms with Gasteiger partial charge in [-0.2, -0.15) is 0 Å². The zero-order valence-electron chi connectivity index (χ0n) is 13.1. The number of nitrogens with one attached hydrogen (secondary N) is 1. The summed E-state index contributed by atoms with van der Waals surface area (Å²) in [4.78, 5) is 16.8. The summed E-state index contributed by atoms with van der Waals surface area (Å²) in [5.74, 6) is 0.625. The summed E-state index contributed by atoms with van der Waals surface area (Å²) in [7, 11) is 0. The molecule has 0 saturated carbocycles. The topological polar surface area (TPSA) is 35.6 Å². The van der Waals surface area contributed by atoms with Crippen molar-refractivity contribution in [3.63, 3.8) is 0 Å². The highest BCUT2D eigenvalue weighted by atomic mass is 16.2. The highest BCUT2D eigenvalue weighted by Crippen LogP contribution is 2.33. The zero-order valence-corrected chi connectivity index (χ0v) is 13.1. The number of fused-ring (bicyclic) bond motifs is 1. The van der Waals surface area contributed by atoms with Gasteiger partial charge in [-0.1, -0.05) is 48.5 Å². The first kappa shape index (κ1) is 14.3. The predicted octanol–water partition coefficient (Wildman–Crippen LogP) is 3.03. The molecule has 4 heteroatoms. The maximum atomic E-state index is 12.4. The van der Waals surface area contributed by atoms with Crippen molar-refractivity contribution in [1.29, 1.82) is 0 Å². The highest BCUT2D eigenvalue weighted by molar-refractivity contribution is 5.89. The molecule has 4 nitrogen and oxygen atoms in total. The highest BCUT2D eigenvalue weighted by Gasteiger charge is 2.46. The lowest BCUT2D eigenvalue weighted by Crippen LogP contribution is -2.54. The van der Waals surface area contributed by atoms with Crippen molar-refractivity contribution < 1.29 is 4.79 Å². The third-order valence-electron chi connectivity index (χ3n) is 4.89. The molecule has 0 aromatic heterocycles. The van der Waals surface area contributed by atoms with Gasteiger partial charge in [0, 0.05) is 43.8 Å². The molecule has 1 N–H and O–H groups in total. The van der Waals surface area contributed by atoms with Gasteiger partial charge in [0.25, 0.3) is 0 Å². The molecule has 2 aromatic rings. The molecule has 4 rings (SSSR count). The summed E-state index contributed by atoms with van der Waals surface area (Å²) in [5, 5.41) is 2.99. The molecule has 2 atom stereocenters. The van der Waals surface area contributed by atoms with Crippen LogP contribution >= 0.6 is 0 Å². The van der Waals surface area contributed by atoms with Gasteiger partial charge in [-0.3, -0.25) is 4.90 Å². The number of carbonyl (C=O) groups excluding carboxylic acids is 1. The Labute approximate surface area is 136 Å². The summed E-state index contributed by atoms with van der Waals surface area (Å²) in [6, 6.07) is 20.7. The summed E-state index contributed by atoms with van der Waals surface area (Å²) in [6.07, 6.45) is 0. The number of para-hydroxylation sites is 1. The van der Waals surface area contributed by atoms with Crippen LogP contribution in [0.1, 0.15) is 5.56 Å². The van der Waals surface area contributed by atoms with Crippen molar-refractivity contribution in [3.05, 3.63) is 66.2 Å². The van der Waals surface area contributed by atoms with Gasteiger partial charge in [-0.25, -0.2) is 4.79 Å². The first-order valence-electron chi connectivity index (χ1n) is 8.18. The molecule has 0 aliphatic carbocycles. The molecule has 2 saturated heterocycles. The van der Waals surface area contributed by atoms with Crippen LogP contribution in [0.3, 0.4) is 0 Å². The van der Waals surface area contributed by atoms with Crippen molar-refractivity contribution in [2.24, 2.45) is 5.92 Å². The number of likely N-dealkylation sites (tertiary alicyclic amines) is 2. The lowest BCUT2D eigenvalue weighted by Gasteiger charge is -2.43. The lowest BCUT2D eigenvalue weighted by molar-refractivity contribution is 0.0435. The van der Waals surface area contributed by atoms with Crippen molar-refractivity contribution in [1.82, 2.24) is 9.80 Å². The average molecular weight is 307 g/mol. The quantitative estimate of drug-likeness (QED) is 0.946. The minimum absolute atomic E-state index is 0.0188. The minimum Gasteiger partial charge on any atom is -0.323 e. The molecule has 0 unspecified atom stereocenters. The maximum Gasteiger partial charge on any atom is 0.321 e. The smallest absolute Gasteiger partial charge is 0.321 e. The van der Waals surface area contributed by atoms with E-state index < -0.39 is 0 Å². The fourth-order valence-corrected chi connectivity index (χ4v) is 3.64. The molecular formula is C19H21N3O. The molecule has 2 fully saturated rings. The Hall–Kier alpha value is -2.33. The van der Waals surface area contributed by atoms with E-state index in [1.807, 2.05) is 41.3 Å². The SMILES string of the molecule is O=C(Nc1ccccc1)N1C[C@H]2CN(Cc3ccccc3)[C@@H]2C1. The molecular weight excluding hydrogens is 286 g/mol.